The maximum atomic E-state index is 13.1. The molecule has 0 aliphatic carbocycles. The molecule has 4 nitrogen and oxygen atoms in total. The maximum absolute atomic E-state index is 13.1. The third-order valence-electron chi connectivity index (χ3n) is 3.51. The zero-order valence-corrected chi connectivity index (χ0v) is 13.0. The molecule has 0 saturated carbocycles. The lowest BCUT2D eigenvalue weighted by atomic mass is 10.0. The van der Waals surface area contributed by atoms with E-state index in [1.165, 1.54) is 25.1 Å². The molecule has 116 valence electrons. The van der Waals surface area contributed by atoms with Gasteiger partial charge in [-0.25, -0.2) is 4.39 Å². The molecule has 2 aromatic rings. The van der Waals surface area contributed by atoms with Crippen molar-refractivity contribution in [2.75, 3.05) is 0 Å². The number of Topliss-reactive ketones (excluding diaryl/α,β-unsaturated/α-hetero) is 2. The Morgan fingerprint density at radius 1 is 1.27 bits per heavy atom. The molecule has 0 amide bonds. The lowest BCUT2D eigenvalue weighted by Crippen LogP contribution is -2.25. The molecule has 0 radical (unpaired) electrons. The van der Waals surface area contributed by atoms with Crippen LogP contribution in [0.4, 0.5) is 4.39 Å². The number of carbonyl (C=O) groups excluding carboxylic acids is 2. The predicted octanol–water partition coefficient (Wildman–Crippen LogP) is 3.62. The normalized spacial score (nSPS) is 12.0. The maximum Gasteiger partial charge on any atom is 0.219 e. The molecule has 0 bridgehead atoms. The lowest BCUT2D eigenvalue weighted by molar-refractivity contribution is 0.0812. The van der Waals surface area contributed by atoms with E-state index >= 15 is 0 Å². The number of benzene rings is 1. The van der Waals surface area contributed by atoms with Crippen molar-refractivity contribution in [3.63, 3.8) is 0 Å². The van der Waals surface area contributed by atoms with Crippen LogP contribution in [0.1, 0.15) is 46.0 Å². The number of nitrogens with one attached hydrogen (secondary N) is 1. The van der Waals surface area contributed by atoms with Gasteiger partial charge in [-0.1, -0.05) is 6.07 Å². The quantitative estimate of drug-likeness (QED) is 0.858. The van der Waals surface area contributed by atoms with Crippen LogP contribution in [-0.2, 0) is 0 Å². The fourth-order valence-electron chi connectivity index (χ4n) is 2.53. The minimum absolute atomic E-state index is 0.0935. The van der Waals surface area contributed by atoms with Crippen LogP contribution in [0.2, 0.25) is 0 Å². The fourth-order valence-corrected chi connectivity index (χ4v) is 2.53. The van der Waals surface area contributed by atoms with Crippen molar-refractivity contribution in [3.05, 3.63) is 52.6 Å². The molecular formula is C17H18FNO3. The van der Waals surface area contributed by atoms with Crippen molar-refractivity contribution in [2.24, 2.45) is 0 Å². The predicted molar refractivity (Wildman–Crippen MR) is 81.1 cm³/mol. The van der Waals surface area contributed by atoms with Gasteiger partial charge in [0.1, 0.15) is 11.6 Å². The van der Waals surface area contributed by atoms with E-state index in [0.717, 1.165) is 0 Å². The van der Waals surface area contributed by atoms with E-state index in [-0.39, 0.29) is 17.3 Å². The van der Waals surface area contributed by atoms with Gasteiger partial charge in [0.25, 0.3) is 0 Å². The van der Waals surface area contributed by atoms with Crippen molar-refractivity contribution in [1.82, 2.24) is 4.98 Å². The number of rotatable bonds is 5. The Labute approximate surface area is 128 Å². The summed E-state index contributed by atoms with van der Waals surface area (Å²) in [6.07, 6.45) is -0.793. The Bertz CT molecular complexity index is 734. The Hall–Kier alpha value is -2.43. The molecule has 1 aromatic carbocycles. The minimum Gasteiger partial charge on any atom is -0.482 e. The Balaban J connectivity index is 2.24. The number of aromatic amines is 1. The highest BCUT2D eigenvalue weighted by atomic mass is 19.1. The number of halogens is 1. The molecule has 0 aliphatic heterocycles. The van der Waals surface area contributed by atoms with Crippen LogP contribution >= 0.6 is 0 Å². The standard InChI is InChI=1S/C17H18FNO3/c1-9-15(11(3)20)10(2)19-16(9)17(21)12(4)22-14-7-5-6-13(18)8-14/h5-8,12,19H,1-4H3/t12-/m1/s1. The van der Waals surface area contributed by atoms with Crippen LogP contribution < -0.4 is 4.74 Å². The molecule has 22 heavy (non-hydrogen) atoms. The largest absolute Gasteiger partial charge is 0.482 e. The zero-order chi connectivity index (χ0) is 16.4. The van der Waals surface area contributed by atoms with Gasteiger partial charge in [0.15, 0.2) is 11.9 Å². The highest BCUT2D eigenvalue weighted by Gasteiger charge is 2.24. The molecule has 5 heteroatoms. The Kier molecular flexibility index (Phi) is 4.45. The van der Waals surface area contributed by atoms with Crippen LogP contribution in [-0.4, -0.2) is 22.7 Å². The van der Waals surface area contributed by atoms with E-state index in [4.69, 9.17) is 4.74 Å². The molecule has 0 spiro atoms. The van der Waals surface area contributed by atoms with Gasteiger partial charge in [-0.2, -0.15) is 0 Å². The molecule has 1 atom stereocenters. The number of hydrogen-bond acceptors (Lipinski definition) is 3. The van der Waals surface area contributed by atoms with Crippen LogP contribution in [0.15, 0.2) is 24.3 Å². The summed E-state index contributed by atoms with van der Waals surface area (Å²) in [4.78, 5) is 27.0. The average molecular weight is 303 g/mol. The lowest BCUT2D eigenvalue weighted by Gasteiger charge is -2.13. The molecule has 0 saturated heterocycles. The van der Waals surface area contributed by atoms with Gasteiger partial charge in [-0.3, -0.25) is 9.59 Å². The first kappa shape index (κ1) is 15.9. The van der Waals surface area contributed by atoms with Crippen LogP contribution in [0, 0.1) is 19.7 Å². The summed E-state index contributed by atoms with van der Waals surface area (Å²) in [7, 11) is 0. The average Bonchev–Trinajstić information content (AvgIpc) is 2.73. The number of aryl methyl sites for hydroxylation is 1. The molecular weight excluding hydrogens is 285 g/mol. The SMILES string of the molecule is CC(=O)c1c(C)[nH]c(C(=O)[C@@H](C)Oc2cccc(F)c2)c1C. The van der Waals surface area contributed by atoms with E-state index in [1.807, 2.05) is 0 Å². The van der Waals surface area contributed by atoms with Crippen molar-refractivity contribution in [1.29, 1.82) is 0 Å². The second-order valence-electron chi connectivity index (χ2n) is 5.26. The summed E-state index contributed by atoms with van der Waals surface area (Å²) in [5.74, 6) is -0.516. The third kappa shape index (κ3) is 3.08. The van der Waals surface area contributed by atoms with E-state index in [9.17, 15) is 14.0 Å². The summed E-state index contributed by atoms with van der Waals surface area (Å²) >= 11 is 0. The van der Waals surface area contributed by atoms with E-state index < -0.39 is 11.9 Å². The van der Waals surface area contributed by atoms with Crippen LogP contribution in [0.3, 0.4) is 0 Å². The van der Waals surface area contributed by atoms with Gasteiger partial charge in [-0.05, 0) is 45.4 Å². The molecule has 1 aromatic heterocycles. The number of H-pyrrole nitrogens is 1. The van der Waals surface area contributed by atoms with Crippen molar-refractivity contribution >= 4 is 11.6 Å². The number of ketones is 2. The number of carbonyl (C=O) groups is 2. The second-order valence-corrected chi connectivity index (χ2v) is 5.26. The summed E-state index contributed by atoms with van der Waals surface area (Å²) in [6.45, 7) is 6.53. The van der Waals surface area contributed by atoms with E-state index in [2.05, 4.69) is 4.98 Å². The Morgan fingerprint density at radius 3 is 2.50 bits per heavy atom. The zero-order valence-electron chi connectivity index (χ0n) is 13.0. The summed E-state index contributed by atoms with van der Waals surface area (Å²) < 4.78 is 18.6. The van der Waals surface area contributed by atoms with E-state index in [0.29, 0.717) is 22.5 Å². The molecule has 0 unspecified atom stereocenters. The summed E-state index contributed by atoms with van der Waals surface area (Å²) in [5.41, 5.74) is 2.16. The first-order valence-corrected chi connectivity index (χ1v) is 6.97. The number of aromatic nitrogens is 1. The van der Waals surface area contributed by atoms with Crippen LogP contribution in [0.5, 0.6) is 5.75 Å². The second kappa shape index (κ2) is 6.13. The van der Waals surface area contributed by atoms with Gasteiger partial charge in [0, 0.05) is 17.3 Å². The van der Waals surface area contributed by atoms with Gasteiger partial charge in [-0.15, -0.1) is 0 Å². The molecule has 0 fully saturated rings. The van der Waals surface area contributed by atoms with Gasteiger partial charge < -0.3 is 9.72 Å². The minimum atomic E-state index is -0.793. The highest BCUT2D eigenvalue weighted by Crippen LogP contribution is 2.21. The first-order valence-electron chi connectivity index (χ1n) is 6.97. The highest BCUT2D eigenvalue weighted by molar-refractivity contribution is 6.04. The van der Waals surface area contributed by atoms with E-state index in [1.54, 1.807) is 26.8 Å². The Morgan fingerprint density at radius 2 is 1.95 bits per heavy atom. The third-order valence-corrected chi connectivity index (χ3v) is 3.51. The molecule has 1 N–H and O–H groups in total. The van der Waals surface area contributed by atoms with Crippen LogP contribution in [0.25, 0.3) is 0 Å². The van der Waals surface area contributed by atoms with Crippen molar-refractivity contribution < 1.29 is 18.7 Å². The molecule has 1 heterocycles. The first-order chi connectivity index (χ1) is 10.3. The van der Waals surface area contributed by atoms with Gasteiger partial charge >= 0.3 is 0 Å². The smallest absolute Gasteiger partial charge is 0.219 e. The van der Waals surface area contributed by atoms with Gasteiger partial charge in [0.05, 0.1) is 5.69 Å². The number of ether oxygens (including phenoxy) is 1. The van der Waals surface area contributed by atoms with Crippen molar-refractivity contribution in [3.8, 4) is 5.75 Å². The molecule has 0 aliphatic rings. The fraction of sp³-hybridized carbons (Fsp3) is 0.294. The van der Waals surface area contributed by atoms with Gasteiger partial charge in [0.2, 0.25) is 5.78 Å². The number of hydrogen-bond donors (Lipinski definition) is 1. The monoisotopic (exact) mass is 303 g/mol. The topological polar surface area (TPSA) is 59.2 Å². The summed E-state index contributed by atoms with van der Waals surface area (Å²) in [5, 5.41) is 0. The summed E-state index contributed by atoms with van der Waals surface area (Å²) in [6, 6.07) is 5.62. The van der Waals surface area contributed by atoms with Crippen molar-refractivity contribution in [2.45, 2.75) is 33.8 Å². The molecule has 2 rings (SSSR count).